The predicted octanol–water partition coefficient (Wildman–Crippen LogP) is -2.73. The van der Waals surface area contributed by atoms with Gasteiger partial charge in [-0.05, 0) is 31.0 Å². The number of carboxylic acid groups (broad SMARTS) is 1. The molecule has 0 aliphatic carbocycles. The van der Waals surface area contributed by atoms with Crippen LogP contribution in [0.15, 0.2) is 35.6 Å². The van der Waals surface area contributed by atoms with E-state index in [0.717, 1.165) is 5.39 Å². The van der Waals surface area contributed by atoms with Crippen LogP contribution in [0.1, 0.15) is 6.92 Å². The third kappa shape index (κ3) is 4.12. The quantitative estimate of drug-likeness (QED) is 0.375. The molecule has 2 aromatic rings. The molecule has 0 fully saturated rings. The molecule has 0 aliphatic heterocycles. The molecule has 0 aromatic carbocycles. The number of aromatic nitrogens is 2. The van der Waals surface area contributed by atoms with Crippen LogP contribution < -0.4 is 56.5 Å². The van der Waals surface area contributed by atoms with E-state index in [9.17, 15) is 9.90 Å². The van der Waals surface area contributed by atoms with E-state index in [1.807, 2.05) is 12.1 Å². The van der Waals surface area contributed by atoms with E-state index in [0.29, 0.717) is 5.65 Å². The maximum absolute atomic E-state index is 11.0. The van der Waals surface area contributed by atoms with Gasteiger partial charge in [-0.15, -0.1) is 0 Å². The number of aliphatic carboxylic acids is 1. The van der Waals surface area contributed by atoms with Crippen molar-refractivity contribution in [2.24, 2.45) is 4.99 Å². The Morgan fingerprint density at radius 2 is 2.32 bits per heavy atom. The van der Waals surface area contributed by atoms with E-state index in [1.54, 1.807) is 23.0 Å². The molecular formula is C12H12KN3O3. The molecule has 2 aromatic heterocycles. The molecule has 0 radical (unpaired) electrons. The summed E-state index contributed by atoms with van der Waals surface area (Å²) in [5, 5.41) is 20.8. The summed E-state index contributed by atoms with van der Waals surface area (Å²) in [5.41, 5.74) is 0.683. The van der Waals surface area contributed by atoms with Gasteiger partial charge in [0.1, 0.15) is 5.65 Å². The molecule has 0 saturated carbocycles. The molecule has 0 saturated heterocycles. The van der Waals surface area contributed by atoms with Crippen molar-refractivity contribution in [1.29, 1.82) is 0 Å². The zero-order chi connectivity index (χ0) is 13.1. The van der Waals surface area contributed by atoms with Gasteiger partial charge in [-0.3, -0.25) is 4.99 Å². The van der Waals surface area contributed by atoms with Crippen LogP contribution in [0.2, 0.25) is 0 Å². The Hall–Kier alpha value is -0.734. The van der Waals surface area contributed by atoms with E-state index in [-0.39, 0.29) is 57.9 Å². The monoisotopic (exact) mass is 285 g/mol. The molecule has 0 spiro atoms. The number of pyridine rings is 1. The van der Waals surface area contributed by atoms with Gasteiger partial charge in [0.15, 0.2) is 6.04 Å². The summed E-state index contributed by atoms with van der Waals surface area (Å²) in [4.78, 5) is 18.8. The summed E-state index contributed by atoms with van der Waals surface area (Å²) >= 11 is 0. The van der Waals surface area contributed by atoms with Crippen LogP contribution in [0.4, 0.5) is 0 Å². The zero-order valence-corrected chi connectivity index (χ0v) is 13.9. The molecule has 1 N–H and O–H groups in total. The van der Waals surface area contributed by atoms with Crippen LogP contribution in [0.3, 0.4) is 0 Å². The largest absolute Gasteiger partial charge is 1.00 e. The SMILES string of the molecule is CC([O-])=N[C@@H](Cn1ccc2cccnc21)C(=O)O.[K+]. The van der Waals surface area contributed by atoms with Crippen molar-refractivity contribution < 1.29 is 66.4 Å². The van der Waals surface area contributed by atoms with E-state index >= 15 is 0 Å². The fraction of sp³-hybridized carbons (Fsp3) is 0.250. The summed E-state index contributed by atoms with van der Waals surface area (Å²) in [6, 6.07) is 4.45. The third-order valence-corrected chi connectivity index (χ3v) is 2.52. The molecule has 2 rings (SSSR count). The van der Waals surface area contributed by atoms with Crippen molar-refractivity contribution >= 4 is 22.9 Å². The van der Waals surface area contributed by atoms with Crippen LogP contribution in [-0.4, -0.2) is 32.6 Å². The van der Waals surface area contributed by atoms with Crippen LogP contribution in [0, 0.1) is 0 Å². The zero-order valence-electron chi connectivity index (χ0n) is 10.8. The first-order valence-corrected chi connectivity index (χ1v) is 5.42. The molecule has 0 bridgehead atoms. The fourth-order valence-corrected chi connectivity index (χ4v) is 1.75. The van der Waals surface area contributed by atoms with E-state index < -0.39 is 17.9 Å². The Bertz CT molecular complexity index is 605. The van der Waals surface area contributed by atoms with E-state index in [2.05, 4.69) is 9.98 Å². The van der Waals surface area contributed by atoms with Gasteiger partial charge in [0.2, 0.25) is 0 Å². The number of rotatable bonds is 4. The van der Waals surface area contributed by atoms with Gasteiger partial charge in [0.05, 0.1) is 6.54 Å². The van der Waals surface area contributed by atoms with Crippen molar-refractivity contribution in [1.82, 2.24) is 9.55 Å². The fourth-order valence-electron chi connectivity index (χ4n) is 1.75. The Kier molecular flexibility index (Phi) is 6.15. The van der Waals surface area contributed by atoms with Gasteiger partial charge >= 0.3 is 57.4 Å². The van der Waals surface area contributed by atoms with Crippen molar-refractivity contribution in [3.63, 3.8) is 0 Å². The number of hydrogen-bond donors (Lipinski definition) is 1. The molecule has 94 valence electrons. The summed E-state index contributed by atoms with van der Waals surface area (Å²) in [6.45, 7) is 1.33. The normalized spacial score (nSPS) is 13.0. The second-order valence-electron chi connectivity index (χ2n) is 3.89. The molecule has 0 unspecified atom stereocenters. The second-order valence-corrected chi connectivity index (χ2v) is 3.89. The van der Waals surface area contributed by atoms with Crippen molar-refractivity contribution in [2.75, 3.05) is 0 Å². The smallest absolute Gasteiger partial charge is 0.862 e. The van der Waals surface area contributed by atoms with Crippen molar-refractivity contribution in [2.45, 2.75) is 19.5 Å². The summed E-state index contributed by atoms with van der Waals surface area (Å²) < 4.78 is 1.68. The van der Waals surface area contributed by atoms with Crippen molar-refractivity contribution in [3.05, 3.63) is 30.6 Å². The van der Waals surface area contributed by atoms with Gasteiger partial charge in [-0.25, -0.2) is 9.78 Å². The molecule has 1 atom stereocenters. The van der Waals surface area contributed by atoms with Crippen LogP contribution in [0.25, 0.3) is 11.0 Å². The maximum atomic E-state index is 11.0. The predicted molar refractivity (Wildman–Crippen MR) is 64.3 cm³/mol. The topological polar surface area (TPSA) is 90.5 Å². The first-order chi connectivity index (χ1) is 8.58. The summed E-state index contributed by atoms with van der Waals surface area (Å²) in [7, 11) is 0. The van der Waals surface area contributed by atoms with Gasteiger partial charge in [0.25, 0.3) is 0 Å². The van der Waals surface area contributed by atoms with Gasteiger partial charge in [-0.1, -0.05) is 0 Å². The number of aliphatic imine (C=N–C) groups is 1. The standard InChI is InChI=1S/C12H13N3O3.K/c1-8(16)14-10(12(17)18)7-15-6-4-9-3-2-5-13-11(9)15;/h2-6,10H,7H2,1H3,(H,14,16)(H,17,18);/q;+1/p-1/t10-;/m0./s1. The average Bonchev–Trinajstić information content (AvgIpc) is 2.71. The third-order valence-electron chi connectivity index (χ3n) is 2.52. The molecule has 2 heterocycles. The Morgan fingerprint density at radius 1 is 1.58 bits per heavy atom. The van der Waals surface area contributed by atoms with E-state index in [4.69, 9.17) is 5.11 Å². The van der Waals surface area contributed by atoms with Crippen LogP contribution in [-0.2, 0) is 11.3 Å². The van der Waals surface area contributed by atoms with E-state index in [1.165, 1.54) is 6.92 Å². The number of hydrogen-bond acceptors (Lipinski definition) is 4. The number of nitrogens with zero attached hydrogens (tertiary/aromatic N) is 3. The summed E-state index contributed by atoms with van der Waals surface area (Å²) in [5.74, 6) is -1.62. The molecule has 0 amide bonds. The van der Waals surface area contributed by atoms with Gasteiger partial charge in [0, 0.05) is 17.8 Å². The second kappa shape index (κ2) is 7.16. The van der Waals surface area contributed by atoms with Gasteiger partial charge in [-0.2, -0.15) is 0 Å². The Labute approximate surface area is 152 Å². The first kappa shape index (κ1) is 16.3. The van der Waals surface area contributed by atoms with Crippen molar-refractivity contribution in [3.8, 4) is 0 Å². The molecular weight excluding hydrogens is 273 g/mol. The minimum absolute atomic E-state index is 0. The molecule has 19 heavy (non-hydrogen) atoms. The van der Waals surface area contributed by atoms with Crippen LogP contribution in [0.5, 0.6) is 0 Å². The molecule has 0 aliphatic rings. The minimum Gasteiger partial charge on any atom is -0.862 e. The van der Waals surface area contributed by atoms with Gasteiger partial charge < -0.3 is 14.8 Å². The summed E-state index contributed by atoms with van der Waals surface area (Å²) in [6.07, 6.45) is 3.37. The number of fused-ring (bicyclic) bond motifs is 1. The minimum atomic E-state index is -1.12. The molecule has 6 nitrogen and oxygen atoms in total. The Balaban J connectivity index is 0.00000180. The first-order valence-electron chi connectivity index (χ1n) is 5.42. The number of carboxylic acids is 1. The van der Waals surface area contributed by atoms with Crippen LogP contribution >= 0.6 is 0 Å². The maximum Gasteiger partial charge on any atom is 1.00 e. The molecule has 7 heteroatoms. The Morgan fingerprint density at radius 3 is 2.95 bits per heavy atom. The number of carbonyl (C=O) groups is 1. The average molecular weight is 285 g/mol.